The van der Waals surface area contributed by atoms with Gasteiger partial charge in [-0.05, 0) is 80.2 Å². The van der Waals surface area contributed by atoms with Crippen molar-refractivity contribution >= 4 is 43.5 Å². The second-order valence-corrected chi connectivity index (χ2v) is 8.11. The fourth-order valence-electron chi connectivity index (χ4n) is 2.66. The summed E-state index contributed by atoms with van der Waals surface area (Å²) >= 11 is 7.16. The third kappa shape index (κ3) is 5.36. The zero-order chi connectivity index (χ0) is 20.1. The average Bonchev–Trinajstić information content (AvgIpc) is 2.67. The van der Waals surface area contributed by atoms with Crippen LogP contribution >= 0.6 is 31.9 Å². The molecule has 0 aliphatic heterocycles. The van der Waals surface area contributed by atoms with Crippen LogP contribution in [0, 0.1) is 6.92 Å². The Morgan fingerprint density at radius 1 is 1.00 bits per heavy atom. The van der Waals surface area contributed by atoms with Crippen LogP contribution in [0.4, 0.5) is 5.69 Å². The van der Waals surface area contributed by atoms with Crippen LogP contribution in [0.25, 0.3) is 0 Å². The van der Waals surface area contributed by atoms with E-state index in [1.54, 1.807) is 18.2 Å². The number of nitrogens with one attached hydrogen (secondary N) is 1. The molecule has 0 heterocycles. The van der Waals surface area contributed by atoms with Crippen LogP contribution in [0.1, 0.15) is 27.0 Å². The Bertz CT molecular complexity index is 964. The van der Waals surface area contributed by atoms with Crippen LogP contribution in [0.3, 0.4) is 0 Å². The van der Waals surface area contributed by atoms with E-state index in [4.69, 9.17) is 9.84 Å². The summed E-state index contributed by atoms with van der Waals surface area (Å²) in [5.74, 6) is -0.193. The van der Waals surface area contributed by atoms with Crippen molar-refractivity contribution < 1.29 is 14.6 Å². The Morgan fingerprint density at radius 2 is 1.68 bits per heavy atom. The van der Waals surface area contributed by atoms with Gasteiger partial charge in [-0.3, -0.25) is 0 Å². The molecule has 4 nitrogen and oxygen atoms in total. The third-order valence-corrected chi connectivity index (χ3v) is 5.35. The Morgan fingerprint density at radius 3 is 2.32 bits per heavy atom. The van der Waals surface area contributed by atoms with Crippen LogP contribution in [-0.2, 0) is 13.2 Å². The summed E-state index contributed by atoms with van der Waals surface area (Å²) in [4.78, 5) is 11.1. The molecule has 0 amide bonds. The number of ether oxygens (including phenoxy) is 1. The number of anilines is 1. The van der Waals surface area contributed by atoms with Gasteiger partial charge in [0.1, 0.15) is 12.4 Å². The second kappa shape index (κ2) is 9.26. The molecule has 2 N–H and O–H groups in total. The van der Waals surface area contributed by atoms with Crippen LogP contribution in [0.15, 0.2) is 69.6 Å². The van der Waals surface area contributed by atoms with Gasteiger partial charge >= 0.3 is 5.97 Å². The highest BCUT2D eigenvalue weighted by atomic mass is 79.9. The number of hydrogen-bond donors (Lipinski definition) is 2. The van der Waals surface area contributed by atoms with Crippen molar-refractivity contribution in [1.82, 2.24) is 0 Å². The highest BCUT2D eigenvalue weighted by Gasteiger charge is 2.10. The molecule has 0 unspecified atom stereocenters. The van der Waals surface area contributed by atoms with E-state index >= 15 is 0 Å². The van der Waals surface area contributed by atoms with Crippen molar-refractivity contribution in [2.24, 2.45) is 0 Å². The molecule has 0 aromatic heterocycles. The van der Waals surface area contributed by atoms with Crippen molar-refractivity contribution in [2.45, 2.75) is 20.1 Å². The number of benzene rings is 3. The molecule has 144 valence electrons. The molecule has 6 heteroatoms. The number of carbonyl (C=O) groups is 1. The second-order valence-electron chi connectivity index (χ2n) is 6.40. The number of hydrogen-bond acceptors (Lipinski definition) is 3. The van der Waals surface area contributed by atoms with Gasteiger partial charge in [0.25, 0.3) is 0 Å². The molecule has 0 spiro atoms. The van der Waals surface area contributed by atoms with Crippen LogP contribution in [0.2, 0.25) is 0 Å². The van der Waals surface area contributed by atoms with Gasteiger partial charge in [0, 0.05) is 12.2 Å². The smallest absolute Gasteiger partial charge is 0.335 e. The van der Waals surface area contributed by atoms with E-state index in [2.05, 4.69) is 68.4 Å². The first-order valence-corrected chi connectivity index (χ1v) is 10.2. The number of halogens is 2. The summed E-state index contributed by atoms with van der Waals surface area (Å²) in [6.07, 6.45) is 0. The minimum Gasteiger partial charge on any atom is -0.487 e. The number of rotatable bonds is 7. The molecule has 0 radical (unpaired) electrons. The molecule has 0 bridgehead atoms. The topological polar surface area (TPSA) is 58.6 Å². The number of carboxylic acid groups (broad SMARTS) is 1. The molecule has 0 saturated heterocycles. The molecule has 0 aliphatic carbocycles. The summed E-state index contributed by atoms with van der Waals surface area (Å²) in [6.45, 7) is 3.10. The van der Waals surface area contributed by atoms with Gasteiger partial charge in [0.15, 0.2) is 0 Å². The minimum absolute atomic E-state index is 0.257. The first kappa shape index (κ1) is 20.4. The van der Waals surface area contributed by atoms with Gasteiger partial charge in [-0.25, -0.2) is 4.79 Å². The van der Waals surface area contributed by atoms with Gasteiger partial charge < -0.3 is 15.2 Å². The zero-order valence-corrected chi connectivity index (χ0v) is 18.4. The van der Waals surface area contributed by atoms with Gasteiger partial charge in [-0.15, -0.1) is 0 Å². The van der Waals surface area contributed by atoms with E-state index in [-0.39, 0.29) is 5.56 Å². The molecule has 0 saturated carbocycles. The number of carboxylic acids is 1. The summed E-state index contributed by atoms with van der Waals surface area (Å²) in [5.41, 5.74) is 4.37. The molecule has 3 aromatic rings. The summed E-state index contributed by atoms with van der Waals surface area (Å²) in [6, 6.07) is 19.0. The molecule has 3 aromatic carbocycles. The minimum atomic E-state index is -0.941. The quantitative estimate of drug-likeness (QED) is 0.390. The van der Waals surface area contributed by atoms with E-state index < -0.39 is 5.97 Å². The number of aryl methyl sites for hydroxylation is 1. The fraction of sp³-hybridized carbons (Fsp3) is 0.136. The van der Waals surface area contributed by atoms with E-state index in [0.717, 1.165) is 31.5 Å². The molecule has 3 rings (SSSR count). The van der Waals surface area contributed by atoms with Crippen molar-refractivity contribution in [3.05, 3.63) is 91.9 Å². The van der Waals surface area contributed by atoms with Crippen LogP contribution in [-0.4, -0.2) is 11.1 Å². The molecule has 0 atom stereocenters. The van der Waals surface area contributed by atoms with E-state index in [1.165, 1.54) is 5.56 Å². The van der Waals surface area contributed by atoms with Crippen LogP contribution in [0.5, 0.6) is 5.75 Å². The van der Waals surface area contributed by atoms with Crippen molar-refractivity contribution in [2.75, 3.05) is 5.32 Å². The normalized spacial score (nSPS) is 10.5. The zero-order valence-electron chi connectivity index (χ0n) is 15.2. The van der Waals surface area contributed by atoms with Gasteiger partial charge in [0.05, 0.1) is 14.5 Å². The van der Waals surface area contributed by atoms with Crippen molar-refractivity contribution in [1.29, 1.82) is 0 Å². The lowest BCUT2D eigenvalue weighted by Gasteiger charge is -2.13. The predicted molar refractivity (Wildman–Crippen MR) is 118 cm³/mol. The first-order valence-electron chi connectivity index (χ1n) is 8.66. The number of aromatic carboxylic acids is 1. The van der Waals surface area contributed by atoms with Gasteiger partial charge in [0.2, 0.25) is 0 Å². The molecule has 0 fully saturated rings. The van der Waals surface area contributed by atoms with Crippen molar-refractivity contribution in [3.63, 3.8) is 0 Å². The average molecular weight is 505 g/mol. The SMILES string of the molecule is Cc1ccc(COc2c(Br)cc(CNc3cccc(C(=O)O)c3)cc2Br)cc1. The monoisotopic (exact) mass is 503 g/mol. The molecule has 0 aliphatic rings. The third-order valence-electron chi connectivity index (χ3n) is 4.17. The summed E-state index contributed by atoms with van der Waals surface area (Å²) in [5, 5.41) is 12.3. The van der Waals surface area contributed by atoms with E-state index in [1.807, 2.05) is 18.2 Å². The van der Waals surface area contributed by atoms with Gasteiger partial charge in [-0.1, -0.05) is 35.9 Å². The lowest BCUT2D eigenvalue weighted by molar-refractivity contribution is 0.0697. The molecule has 28 heavy (non-hydrogen) atoms. The summed E-state index contributed by atoms with van der Waals surface area (Å²) < 4.78 is 7.68. The highest BCUT2D eigenvalue weighted by Crippen LogP contribution is 2.35. The lowest BCUT2D eigenvalue weighted by Crippen LogP contribution is -2.03. The van der Waals surface area contributed by atoms with E-state index in [9.17, 15) is 4.79 Å². The maximum absolute atomic E-state index is 11.1. The molecular formula is C22H19Br2NO3. The van der Waals surface area contributed by atoms with E-state index in [0.29, 0.717) is 13.2 Å². The first-order chi connectivity index (χ1) is 13.4. The van der Waals surface area contributed by atoms with Crippen molar-refractivity contribution in [3.8, 4) is 5.75 Å². The largest absolute Gasteiger partial charge is 0.487 e. The Kier molecular flexibility index (Phi) is 6.75. The Balaban J connectivity index is 1.66. The standard InChI is InChI=1S/C22H19Br2NO3/c1-14-5-7-15(8-6-14)13-28-21-19(23)9-16(10-20(21)24)12-25-18-4-2-3-17(11-18)22(26)27/h2-11,25H,12-13H2,1H3,(H,26,27). The van der Waals surface area contributed by atoms with Crippen LogP contribution < -0.4 is 10.1 Å². The molecular weight excluding hydrogens is 486 g/mol. The fourth-order valence-corrected chi connectivity index (χ4v) is 4.17. The Hall–Kier alpha value is -2.31. The van der Waals surface area contributed by atoms with Gasteiger partial charge in [-0.2, -0.15) is 0 Å². The Labute approximate surface area is 180 Å². The highest BCUT2D eigenvalue weighted by molar-refractivity contribution is 9.11. The predicted octanol–water partition coefficient (Wildman–Crippen LogP) is 6.41. The summed E-state index contributed by atoms with van der Waals surface area (Å²) in [7, 11) is 0. The maximum Gasteiger partial charge on any atom is 0.335 e. The maximum atomic E-state index is 11.1. The lowest BCUT2D eigenvalue weighted by atomic mass is 10.1.